The number of carbonyl (C=O) groups excluding carboxylic acids is 1. The second-order valence-electron chi connectivity index (χ2n) is 9.09. The van der Waals surface area contributed by atoms with Gasteiger partial charge in [-0.1, -0.05) is 0 Å². The first-order chi connectivity index (χ1) is 17.7. The molecule has 3 heterocycles. The quantitative estimate of drug-likeness (QED) is 0.428. The summed E-state index contributed by atoms with van der Waals surface area (Å²) in [5, 5.41) is 9.57. The van der Waals surface area contributed by atoms with Crippen LogP contribution in [-0.2, 0) is 11.7 Å². The fourth-order valence-corrected chi connectivity index (χ4v) is 5.09. The van der Waals surface area contributed by atoms with E-state index in [2.05, 4.69) is 25.5 Å². The highest BCUT2D eigenvalue weighted by Gasteiger charge is 2.66. The summed E-state index contributed by atoms with van der Waals surface area (Å²) in [6, 6.07) is -1.27. The zero-order chi connectivity index (χ0) is 27.6. The van der Waals surface area contributed by atoms with Crippen LogP contribution in [0.1, 0.15) is 36.6 Å². The van der Waals surface area contributed by atoms with Gasteiger partial charge in [0.15, 0.2) is 11.6 Å². The van der Waals surface area contributed by atoms with Crippen molar-refractivity contribution in [3.8, 4) is 11.4 Å². The molecule has 0 radical (unpaired) electrons. The van der Waals surface area contributed by atoms with Crippen LogP contribution in [0.2, 0.25) is 0 Å². The van der Waals surface area contributed by atoms with Gasteiger partial charge < -0.3 is 14.6 Å². The smallest absolute Gasteiger partial charge is 0.417 e. The average Bonchev–Trinajstić information content (AvgIpc) is 3.26. The zero-order valence-corrected chi connectivity index (χ0v) is 19.2. The third kappa shape index (κ3) is 4.30. The fraction of sp³-hybridized carbons (Fsp3) is 0.409. The molecule has 2 fully saturated rings. The topological polar surface area (TPSA) is 97.0 Å². The number of likely N-dealkylation sites (tertiary alicyclic amines) is 1. The third-order valence-corrected chi connectivity index (χ3v) is 6.66. The number of benzene rings is 1. The van der Waals surface area contributed by atoms with Gasteiger partial charge in [0.1, 0.15) is 11.4 Å². The maximum absolute atomic E-state index is 14.8. The monoisotopic (exact) mass is 548 g/mol. The van der Waals surface area contributed by atoms with Crippen LogP contribution < -0.4 is 5.32 Å². The van der Waals surface area contributed by atoms with Gasteiger partial charge in [0, 0.05) is 24.9 Å². The van der Waals surface area contributed by atoms with Crippen molar-refractivity contribution >= 4 is 11.7 Å². The minimum absolute atomic E-state index is 0.0463. The third-order valence-electron chi connectivity index (χ3n) is 6.66. The molecule has 3 atom stereocenters. The molecule has 1 saturated heterocycles. The molecule has 1 saturated carbocycles. The largest absolute Gasteiger partial charge is 0.423 e. The van der Waals surface area contributed by atoms with Crippen LogP contribution in [0.25, 0.3) is 11.4 Å². The number of nitrogens with one attached hydrogen (secondary N) is 1. The number of urea groups is 1. The number of piperidine rings is 1. The van der Waals surface area contributed by atoms with Crippen LogP contribution >= 0.6 is 0 Å². The van der Waals surface area contributed by atoms with Gasteiger partial charge >= 0.3 is 18.4 Å². The van der Waals surface area contributed by atoms with Crippen LogP contribution in [0, 0.1) is 24.5 Å². The standard InChI is InChI=1S/C22H16F8N6O2/c1-9-34-35-18(38-9)20-5-10(21(25,26)27)2-12(6-20)36(20)19(37)33-16-3-13(17-31-7-11(23)8-32-17)14(4-15(16)24)22(28,29)30/h3-4,7-8,10,12H,2,5-6H2,1H3,(H,33,37)/t10-,12?,20?/m0/s1. The second-order valence-corrected chi connectivity index (χ2v) is 9.09. The molecule has 2 unspecified atom stereocenters. The van der Waals surface area contributed by atoms with Gasteiger partial charge in [0.25, 0.3) is 0 Å². The van der Waals surface area contributed by atoms with Crippen LogP contribution in [0.15, 0.2) is 28.9 Å². The van der Waals surface area contributed by atoms with E-state index in [4.69, 9.17) is 4.42 Å². The summed E-state index contributed by atoms with van der Waals surface area (Å²) in [4.78, 5) is 21.3. The number of anilines is 1. The molecule has 1 aliphatic heterocycles. The molecule has 1 aromatic carbocycles. The number of carbonyl (C=O) groups is 1. The van der Waals surface area contributed by atoms with Crippen molar-refractivity contribution < 1.29 is 44.3 Å². The first-order valence-electron chi connectivity index (χ1n) is 11.1. The average molecular weight is 548 g/mol. The molecule has 16 heteroatoms. The molecular formula is C22H16F8N6O2. The number of hydrogen-bond donors (Lipinski definition) is 1. The maximum Gasteiger partial charge on any atom is 0.417 e. The Kier molecular flexibility index (Phi) is 5.83. The van der Waals surface area contributed by atoms with Crippen molar-refractivity contribution in [3.63, 3.8) is 0 Å². The number of amides is 2. The summed E-state index contributed by atoms with van der Waals surface area (Å²) < 4.78 is 115. The molecule has 2 aliphatic rings. The van der Waals surface area contributed by atoms with Gasteiger partial charge in [-0.15, -0.1) is 10.2 Å². The normalized spacial score (nSPS) is 23.2. The van der Waals surface area contributed by atoms with Crippen molar-refractivity contribution in [1.82, 2.24) is 25.1 Å². The van der Waals surface area contributed by atoms with Gasteiger partial charge in [-0.05, 0) is 25.0 Å². The van der Waals surface area contributed by atoms with Gasteiger partial charge in [0.2, 0.25) is 11.8 Å². The van der Waals surface area contributed by atoms with Crippen molar-refractivity contribution in [1.29, 1.82) is 0 Å². The number of rotatable bonds is 3. The van der Waals surface area contributed by atoms with E-state index in [0.717, 1.165) is 4.90 Å². The van der Waals surface area contributed by atoms with Gasteiger partial charge in [-0.2, -0.15) is 26.3 Å². The van der Waals surface area contributed by atoms with Crippen LogP contribution in [0.3, 0.4) is 0 Å². The van der Waals surface area contributed by atoms with Crippen molar-refractivity contribution in [3.05, 3.63) is 53.5 Å². The van der Waals surface area contributed by atoms with Crippen LogP contribution in [0.5, 0.6) is 0 Å². The predicted molar refractivity (Wildman–Crippen MR) is 111 cm³/mol. The van der Waals surface area contributed by atoms with Crippen molar-refractivity contribution in [2.45, 2.75) is 50.1 Å². The minimum atomic E-state index is -5.06. The number of aromatic nitrogens is 4. The zero-order valence-electron chi connectivity index (χ0n) is 19.2. The highest BCUT2D eigenvalue weighted by Crippen LogP contribution is 2.58. The Balaban J connectivity index is 1.51. The summed E-state index contributed by atoms with van der Waals surface area (Å²) in [7, 11) is 0. The molecule has 5 rings (SSSR count). The number of fused-ring (bicyclic) bond motifs is 2. The lowest BCUT2D eigenvalue weighted by Gasteiger charge is -2.61. The molecule has 1 aliphatic carbocycles. The van der Waals surface area contributed by atoms with E-state index in [1.54, 1.807) is 0 Å². The first kappa shape index (κ1) is 25.8. The fourth-order valence-electron chi connectivity index (χ4n) is 5.09. The van der Waals surface area contributed by atoms with Crippen molar-refractivity contribution in [2.75, 3.05) is 5.32 Å². The van der Waals surface area contributed by atoms with E-state index in [1.165, 1.54) is 6.92 Å². The predicted octanol–water partition coefficient (Wildman–Crippen LogP) is 5.61. The van der Waals surface area contributed by atoms with Gasteiger partial charge in [-0.3, -0.25) is 0 Å². The molecule has 2 aromatic heterocycles. The highest BCUT2D eigenvalue weighted by atomic mass is 19.4. The molecule has 1 N–H and O–H groups in total. The van der Waals surface area contributed by atoms with E-state index in [9.17, 15) is 39.9 Å². The lowest BCUT2D eigenvalue weighted by Crippen LogP contribution is -2.71. The molecular weight excluding hydrogens is 532 g/mol. The Hall–Kier alpha value is -3.85. The summed E-state index contributed by atoms with van der Waals surface area (Å²) >= 11 is 0. The molecule has 2 bridgehead atoms. The Labute approximate surface area is 208 Å². The van der Waals surface area contributed by atoms with Gasteiger partial charge in [0.05, 0.1) is 29.6 Å². The molecule has 38 heavy (non-hydrogen) atoms. The van der Waals surface area contributed by atoms with Crippen LogP contribution in [-0.4, -0.2) is 43.3 Å². The second kappa shape index (κ2) is 8.59. The van der Waals surface area contributed by atoms with Gasteiger partial charge in [-0.25, -0.2) is 23.5 Å². The van der Waals surface area contributed by atoms with E-state index < -0.39 is 83.0 Å². The SMILES string of the molecule is Cc1nnc(C23CC(C[C@H](C(F)(F)F)C2)N3C(=O)Nc2cc(-c3ncc(F)cn3)c(C(F)(F)F)cc2F)o1. The summed E-state index contributed by atoms with van der Waals surface area (Å²) in [6.45, 7) is 1.41. The molecule has 2 amide bonds. The Morgan fingerprint density at radius 3 is 2.34 bits per heavy atom. The molecule has 3 aromatic rings. The Bertz CT molecular complexity index is 1390. The lowest BCUT2D eigenvalue weighted by atomic mass is 9.63. The molecule has 202 valence electrons. The lowest BCUT2D eigenvalue weighted by molar-refractivity contribution is -0.229. The number of halogens is 8. The maximum atomic E-state index is 14.8. The number of hydrogen-bond acceptors (Lipinski definition) is 6. The number of nitrogens with zero attached hydrogens (tertiary/aromatic N) is 5. The Morgan fingerprint density at radius 2 is 1.76 bits per heavy atom. The summed E-state index contributed by atoms with van der Waals surface area (Å²) in [5.74, 6) is -4.96. The minimum Gasteiger partial charge on any atom is -0.423 e. The Morgan fingerprint density at radius 1 is 1.08 bits per heavy atom. The van der Waals surface area contributed by atoms with E-state index in [1.807, 2.05) is 0 Å². The first-order valence-corrected chi connectivity index (χ1v) is 11.1. The van der Waals surface area contributed by atoms with E-state index in [0.29, 0.717) is 18.5 Å². The number of alkyl halides is 6. The summed E-state index contributed by atoms with van der Waals surface area (Å²) in [5.41, 5.74) is -4.59. The molecule has 8 nitrogen and oxygen atoms in total. The summed E-state index contributed by atoms with van der Waals surface area (Å²) in [6.07, 6.45) is -9.36. The number of aryl methyl sites for hydroxylation is 1. The van der Waals surface area contributed by atoms with E-state index in [-0.39, 0.29) is 24.3 Å². The molecule has 0 spiro atoms. The highest BCUT2D eigenvalue weighted by molar-refractivity contribution is 5.92. The van der Waals surface area contributed by atoms with Crippen molar-refractivity contribution in [2.24, 2.45) is 5.92 Å². The van der Waals surface area contributed by atoms with Crippen LogP contribution in [0.4, 0.5) is 45.6 Å². The van der Waals surface area contributed by atoms with E-state index >= 15 is 0 Å².